The van der Waals surface area contributed by atoms with E-state index in [-0.39, 0.29) is 5.91 Å². The van der Waals surface area contributed by atoms with Crippen molar-refractivity contribution in [2.75, 3.05) is 6.54 Å². The lowest BCUT2D eigenvalue weighted by Crippen LogP contribution is -2.25. The Labute approximate surface area is 152 Å². The first-order valence-electron chi connectivity index (χ1n) is 8.10. The summed E-state index contributed by atoms with van der Waals surface area (Å²) in [6, 6.07) is 11.7. The molecule has 4 rings (SSSR count). The summed E-state index contributed by atoms with van der Waals surface area (Å²) in [4.78, 5) is 15.3. The molecule has 0 aliphatic rings. The van der Waals surface area contributed by atoms with Crippen LogP contribution in [0.4, 0.5) is 0 Å². The summed E-state index contributed by atoms with van der Waals surface area (Å²) >= 11 is 3.26. The number of amides is 1. The minimum Gasteiger partial charge on any atom is -0.448 e. The molecular weight excluding hydrogens is 384 g/mol. The minimum absolute atomic E-state index is 0.135. The van der Waals surface area contributed by atoms with Crippen molar-refractivity contribution in [1.82, 2.24) is 20.1 Å². The van der Waals surface area contributed by atoms with Crippen molar-refractivity contribution in [2.24, 2.45) is 0 Å². The van der Waals surface area contributed by atoms with E-state index in [0.29, 0.717) is 22.5 Å². The monoisotopic (exact) mass is 400 g/mol. The second-order valence-electron chi connectivity index (χ2n) is 5.95. The molecule has 4 aromatic rings. The number of hydrogen-bond acceptors (Lipinski definition) is 3. The molecule has 0 saturated heterocycles. The van der Waals surface area contributed by atoms with Gasteiger partial charge in [-0.1, -0.05) is 18.2 Å². The standard InChI is InChI=1S/C18H17BrN4O2/c1-11-12-5-2-3-6-15(12)23(22-11)8-4-7-20-18(24)14-9-16-13(21-14)10-17(19)25-16/h2-3,5-6,9-10,21H,4,7-8H2,1H3,(H,20,24). The molecule has 7 heteroatoms. The molecule has 128 valence electrons. The van der Waals surface area contributed by atoms with Gasteiger partial charge in [-0.25, -0.2) is 0 Å². The van der Waals surface area contributed by atoms with Crippen LogP contribution < -0.4 is 5.32 Å². The number of H-pyrrole nitrogens is 1. The van der Waals surface area contributed by atoms with E-state index in [9.17, 15) is 4.79 Å². The number of halogens is 1. The summed E-state index contributed by atoms with van der Waals surface area (Å²) in [5.41, 5.74) is 4.12. The molecule has 25 heavy (non-hydrogen) atoms. The van der Waals surface area contributed by atoms with E-state index in [4.69, 9.17) is 4.42 Å². The normalized spacial score (nSPS) is 11.4. The number of fused-ring (bicyclic) bond motifs is 2. The van der Waals surface area contributed by atoms with Crippen LogP contribution >= 0.6 is 15.9 Å². The second-order valence-corrected chi connectivity index (χ2v) is 6.73. The molecule has 0 aliphatic carbocycles. The van der Waals surface area contributed by atoms with Gasteiger partial charge in [0.2, 0.25) is 0 Å². The van der Waals surface area contributed by atoms with E-state index in [1.165, 1.54) is 5.39 Å². The Kier molecular flexibility index (Phi) is 4.09. The number of nitrogens with one attached hydrogen (secondary N) is 2. The van der Waals surface area contributed by atoms with Crippen LogP contribution in [0.2, 0.25) is 0 Å². The van der Waals surface area contributed by atoms with Crippen molar-refractivity contribution in [3.8, 4) is 0 Å². The minimum atomic E-state index is -0.135. The number of furan rings is 1. The van der Waals surface area contributed by atoms with Crippen LogP contribution in [0.1, 0.15) is 22.6 Å². The lowest BCUT2D eigenvalue weighted by molar-refractivity contribution is 0.0948. The molecule has 1 aromatic carbocycles. The average Bonchev–Trinajstić information content (AvgIpc) is 3.23. The maximum absolute atomic E-state index is 12.2. The van der Waals surface area contributed by atoms with Gasteiger partial charge >= 0.3 is 0 Å². The van der Waals surface area contributed by atoms with Crippen LogP contribution in [0.3, 0.4) is 0 Å². The highest BCUT2D eigenvalue weighted by atomic mass is 79.9. The zero-order chi connectivity index (χ0) is 17.4. The summed E-state index contributed by atoms with van der Waals surface area (Å²) in [5.74, 6) is -0.135. The Hall–Kier alpha value is -2.54. The van der Waals surface area contributed by atoms with Crippen molar-refractivity contribution >= 4 is 43.8 Å². The van der Waals surface area contributed by atoms with Crippen LogP contribution in [0.25, 0.3) is 22.0 Å². The molecule has 1 amide bonds. The molecule has 2 N–H and O–H groups in total. The second kappa shape index (κ2) is 6.40. The van der Waals surface area contributed by atoms with E-state index in [2.05, 4.69) is 43.5 Å². The zero-order valence-corrected chi connectivity index (χ0v) is 15.3. The summed E-state index contributed by atoms with van der Waals surface area (Å²) in [6.07, 6.45) is 0.805. The maximum atomic E-state index is 12.2. The molecule has 0 radical (unpaired) electrons. The molecule has 0 spiro atoms. The molecule has 0 unspecified atom stereocenters. The van der Waals surface area contributed by atoms with Gasteiger partial charge < -0.3 is 14.7 Å². The van der Waals surface area contributed by atoms with Crippen molar-refractivity contribution in [3.05, 3.63) is 52.5 Å². The molecule has 0 atom stereocenters. The fourth-order valence-electron chi connectivity index (χ4n) is 3.00. The largest absolute Gasteiger partial charge is 0.448 e. The predicted molar refractivity (Wildman–Crippen MR) is 99.7 cm³/mol. The molecule has 6 nitrogen and oxygen atoms in total. The Morgan fingerprint density at radius 3 is 3.04 bits per heavy atom. The molecule has 3 heterocycles. The van der Waals surface area contributed by atoms with Gasteiger partial charge in [-0.05, 0) is 35.3 Å². The Balaban J connectivity index is 1.35. The summed E-state index contributed by atoms with van der Waals surface area (Å²) in [7, 11) is 0. The summed E-state index contributed by atoms with van der Waals surface area (Å²) in [5, 5.41) is 8.67. The Morgan fingerprint density at radius 2 is 2.20 bits per heavy atom. The highest BCUT2D eigenvalue weighted by Gasteiger charge is 2.12. The fraction of sp³-hybridized carbons (Fsp3) is 0.222. The van der Waals surface area contributed by atoms with Gasteiger partial charge in [0.1, 0.15) is 5.69 Å². The van der Waals surface area contributed by atoms with Gasteiger partial charge in [0.15, 0.2) is 10.3 Å². The van der Waals surface area contributed by atoms with Crippen LogP contribution in [0.5, 0.6) is 0 Å². The van der Waals surface area contributed by atoms with Gasteiger partial charge in [-0.15, -0.1) is 0 Å². The van der Waals surface area contributed by atoms with Crippen LogP contribution in [0, 0.1) is 6.92 Å². The van der Waals surface area contributed by atoms with Crippen LogP contribution in [-0.4, -0.2) is 27.2 Å². The molecule has 0 saturated carbocycles. The first kappa shape index (κ1) is 16.0. The molecule has 0 aliphatic heterocycles. The molecule has 0 bridgehead atoms. The van der Waals surface area contributed by atoms with Crippen molar-refractivity contribution in [1.29, 1.82) is 0 Å². The van der Waals surface area contributed by atoms with Crippen molar-refractivity contribution in [3.63, 3.8) is 0 Å². The Morgan fingerprint density at radius 1 is 1.36 bits per heavy atom. The average molecular weight is 401 g/mol. The first-order valence-corrected chi connectivity index (χ1v) is 8.89. The third-order valence-corrected chi connectivity index (χ3v) is 4.59. The zero-order valence-electron chi connectivity index (χ0n) is 13.7. The summed E-state index contributed by atoms with van der Waals surface area (Å²) < 4.78 is 8.06. The predicted octanol–water partition coefficient (Wildman–Crippen LogP) is 4.00. The first-order chi connectivity index (χ1) is 12.1. The number of carbonyl (C=O) groups excluding carboxylic acids is 1. The van der Waals surface area contributed by atoms with E-state index in [0.717, 1.165) is 29.7 Å². The SMILES string of the molecule is Cc1nn(CCCNC(=O)c2cc3oc(Br)cc3[nH]2)c2ccccc12. The number of rotatable bonds is 5. The smallest absolute Gasteiger partial charge is 0.267 e. The van der Waals surface area contributed by atoms with Crippen LogP contribution in [-0.2, 0) is 6.54 Å². The van der Waals surface area contributed by atoms with Crippen molar-refractivity contribution in [2.45, 2.75) is 19.9 Å². The fourth-order valence-corrected chi connectivity index (χ4v) is 3.41. The highest BCUT2D eigenvalue weighted by molar-refractivity contribution is 9.10. The third-order valence-electron chi connectivity index (χ3n) is 4.20. The number of para-hydroxylation sites is 1. The quantitative estimate of drug-likeness (QED) is 0.497. The van der Waals surface area contributed by atoms with E-state index in [1.807, 2.05) is 23.7 Å². The number of aromatic nitrogens is 3. The van der Waals surface area contributed by atoms with E-state index >= 15 is 0 Å². The van der Waals surface area contributed by atoms with E-state index in [1.54, 1.807) is 12.1 Å². The van der Waals surface area contributed by atoms with Gasteiger partial charge in [-0.2, -0.15) is 5.10 Å². The molecular formula is C18H17BrN4O2. The number of benzene rings is 1. The lowest BCUT2D eigenvalue weighted by Gasteiger charge is -2.05. The third kappa shape index (κ3) is 3.07. The van der Waals surface area contributed by atoms with Gasteiger partial charge in [-0.3, -0.25) is 9.48 Å². The number of aryl methyl sites for hydroxylation is 2. The molecule has 3 aromatic heterocycles. The number of nitrogens with zero attached hydrogens (tertiary/aromatic N) is 2. The van der Waals surface area contributed by atoms with E-state index < -0.39 is 0 Å². The van der Waals surface area contributed by atoms with Gasteiger partial charge in [0.05, 0.1) is 16.7 Å². The topological polar surface area (TPSA) is 75.8 Å². The number of carbonyl (C=O) groups is 1. The van der Waals surface area contributed by atoms with Gasteiger partial charge in [0, 0.05) is 30.6 Å². The Bertz CT molecular complexity index is 1030. The van der Waals surface area contributed by atoms with Crippen molar-refractivity contribution < 1.29 is 9.21 Å². The summed E-state index contributed by atoms with van der Waals surface area (Å²) in [6.45, 7) is 3.35. The number of hydrogen-bond donors (Lipinski definition) is 2. The molecule has 0 fully saturated rings. The highest BCUT2D eigenvalue weighted by Crippen LogP contribution is 2.23. The maximum Gasteiger partial charge on any atom is 0.267 e. The van der Waals surface area contributed by atoms with Gasteiger partial charge in [0.25, 0.3) is 5.91 Å². The van der Waals surface area contributed by atoms with Crippen LogP contribution in [0.15, 0.2) is 45.5 Å². The number of aromatic amines is 1. The lowest BCUT2D eigenvalue weighted by atomic mass is 10.2.